The number of furan rings is 1. The van der Waals surface area contributed by atoms with Crippen LogP contribution in [-0.2, 0) is 11.3 Å². The highest BCUT2D eigenvalue weighted by Crippen LogP contribution is 2.22. The molecule has 21 heavy (non-hydrogen) atoms. The molecule has 0 spiro atoms. The molecule has 1 aliphatic rings. The van der Waals surface area contributed by atoms with Crippen LogP contribution in [0.3, 0.4) is 0 Å². The van der Waals surface area contributed by atoms with Crippen LogP contribution in [0.2, 0.25) is 0 Å². The highest BCUT2D eigenvalue weighted by Gasteiger charge is 2.17. The Morgan fingerprint density at radius 1 is 1.24 bits per heavy atom. The normalized spacial score (nSPS) is 18.5. The van der Waals surface area contributed by atoms with Crippen LogP contribution in [0, 0.1) is 5.82 Å². The average Bonchev–Trinajstić information content (AvgIpc) is 2.96. The number of benzene rings is 1. The zero-order valence-corrected chi connectivity index (χ0v) is 11.6. The van der Waals surface area contributed by atoms with E-state index < -0.39 is 0 Å². The smallest absolute Gasteiger partial charge is 0.220 e. The van der Waals surface area contributed by atoms with Gasteiger partial charge in [0.05, 0.1) is 6.54 Å². The van der Waals surface area contributed by atoms with Crippen LogP contribution in [0.15, 0.2) is 40.8 Å². The van der Waals surface area contributed by atoms with Crippen LogP contribution < -0.4 is 10.6 Å². The first-order valence-electron chi connectivity index (χ1n) is 7.05. The maximum absolute atomic E-state index is 12.9. The van der Waals surface area contributed by atoms with Crippen molar-refractivity contribution in [3.05, 3.63) is 48.0 Å². The fourth-order valence-electron chi connectivity index (χ4n) is 2.39. The summed E-state index contributed by atoms with van der Waals surface area (Å²) in [5.41, 5.74) is 0.854. The predicted octanol–water partition coefficient (Wildman–Crippen LogP) is 2.45. The lowest BCUT2D eigenvalue weighted by Crippen LogP contribution is -2.45. The lowest BCUT2D eigenvalue weighted by atomic mass is 10.1. The van der Waals surface area contributed by atoms with Gasteiger partial charge >= 0.3 is 0 Å². The summed E-state index contributed by atoms with van der Waals surface area (Å²) in [6.45, 7) is 1.27. The second-order valence-electron chi connectivity index (χ2n) is 5.19. The van der Waals surface area contributed by atoms with Crippen LogP contribution in [0.1, 0.15) is 18.6 Å². The van der Waals surface area contributed by atoms with E-state index in [1.807, 2.05) is 12.1 Å². The molecule has 1 unspecified atom stereocenters. The minimum Gasteiger partial charge on any atom is -0.460 e. The SMILES string of the molecule is O=C1CCC(NCc2ccc(-c3ccc(F)cc3)o2)CN1. The third-order valence-electron chi connectivity index (χ3n) is 3.62. The Kier molecular flexibility index (Phi) is 4.01. The van der Waals surface area contributed by atoms with E-state index in [0.29, 0.717) is 19.5 Å². The zero-order chi connectivity index (χ0) is 14.7. The first kappa shape index (κ1) is 13.8. The van der Waals surface area contributed by atoms with Gasteiger partial charge in [0.15, 0.2) is 0 Å². The molecule has 3 rings (SSSR count). The Morgan fingerprint density at radius 3 is 2.76 bits per heavy atom. The summed E-state index contributed by atoms with van der Waals surface area (Å²) in [7, 11) is 0. The van der Waals surface area contributed by atoms with E-state index in [-0.39, 0.29) is 17.8 Å². The van der Waals surface area contributed by atoms with Crippen LogP contribution in [0.4, 0.5) is 4.39 Å². The van der Waals surface area contributed by atoms with Crippen molar-refractivity contribution in [3.8, 4) is 11.3 Å². The average molecular weight is 288 g/mol. The number of hydrogen-bond acceptors (Lipinski definition) is 3. The maximum atomic E-state index is 12.9. The summed E-state index contributed by atoms with van der Waals surface area (Å²) in [6.07, 6.45) is 1.41. The van der Waals surface area contributed by atoms with Crippen LogP contribution in [0.25, 0.3) is 11.3 Å². The molecule has 0 saturated carbocycles. The molecule has 2 N–H and O–H groups in total. The van der Waals surface area contributed by atoms with Crippen molar-refractivity contribution >= 4 is 5.91 Å². The molecule has 0 radical (unpaired) electrons. The van der Waals surface area contributed by atoms with Crippen molar-refractivity contribution in [1.29, 1.82) is 0 Å². The summed E-state index contributed by atoms with van der Waals surface area (Å²) in [5, 5.41) is 6.20. The summed E-state index contributed by atoms with van der Waals surface area (Å²) >= 11 is 0. The molecule has 0 aliphatic carbocycles. The topological polar surface area (TPSA) is 54.3 Å². The minimum absolute atomic E-state index is 0.115. The van der Waals surface area contributed by atoms with E-state index >= 15 is 0 Å². The number of hydrogen-bond donors (Lipinski definition) is 2. The number of amides is 1. The van der Waals surface area contributed by atoms with Crippen molar-refractivity contribution in [2.75, 3.05) is 6.54 Å². The van der Waals surface area contributed by atoms with Crippen LogP contribution in [0.5, 0.6) is 0 Å². The molecular weight excluding hydrogens is 271 g/mol. The Morgan fingerprint density at radius 2 is 2.05 bits per heavy atom. The summed E-state index contributed by atoms with van der Waals surface area (Å²) in [4.78, 5) is 11.1. The molecule has 0 bridgehead atoms. The van der Waals surface area contributed by atoms with Crippen molar-refractivity contribution in [2.45, 2.75) is 25.4 Å². The molecule has 1 amide bonds. The predicted molar refractivity (Wildman–Crippen MR) is 77.0 cm³/mol. The molecular formula is C16H17FN2O2. The van der Waals surface area contributed by atoms with E-state index in [1.54, 1.807) is 12.1 Å². The number of halogens is 1. The molecule has 4 nitrogen and oxygen atoms in total. The quantitative estimate of drug-likeness (QED) is 0.908. The molecule has 2 heterocycles. The number of rotatable bonds is 4. The maximum Gasteiger partial charge on any atom is 0.220 e. The van der Waals surface area contributed by atoms with Gasteiger partial charge in [0.1, 0.15) is 17.3 Å². The first-order chi connectivity index (χ1) is 10.2. The van der Waals surface area contributed by atoms with Crippen molar-refractivity contribution in [3.63, 3.8) is 0 Å². The standard InChI is InChI=1S/C16H17FN2O2/c17-12-3-1-11(2-4-12)15-7-6-14(21-15)10-18-13-5-8-16(20)19-9-13/h1-4,6-7,13,18H,5,8-10H2,(H,19,20). The van der Waals surface area contributed by atoms with Crippen molar-refractivity contribution < 1.29 is 13.6 Å². The van der Waals surface area contributed by atoms with E-state index in [4.69, 9.17) is 4.42 Å². The third kappa shape index (κ3) is 3.49. The monoisotopic (exact) mass is 288 g/mol. The van der Waals surface area contributed by atoms with Crippen LogP contribution >= 0.6 is 0 Å². The molecule has 1 atom stereocenters. The van der Waals surface area contributed by atoms with Gasteiger partial charge < -0.3 is 15.1 Å². The largest absolute Gasteiger partial charge is 0.460 e. The van der Waals surface area contributed by atoms with Gasteiger partial charge in [-0.05, 0) is 42.8 Å². The van der Waals surface area contributed by atoms with Gasteiger partial charge in [-0.2, -0.15) is 0 Å². The third-order valence-corrected chi connectivity index (χ3v) is 3.62. The van der Waals surface area contributed by atoms with Gasteiger partial charge in [0, 0.05) is 24.6 Å². The molecule has 1 aromatic heterocycles. The molecule has 5 heteroatoms. The van der Waals surface area contributed by atoms with E-state index in [2.05, 4.69) is 10.6 Å². The summed E-state index contributed by atoms with van der Waals surface area (Å²) < 4.78 is 18.6. The Balaban J connectivity index is 1.58. The number of carbonyl (C=O) groups excluding carboxylic acids is 1. The van der Waals surface area contributed by atoms with E-state index in [1.165, 1.54) is 12.1 Å². The number of piperidine rings is 1. The second kappa shape index (κ2) is 6.10. The lowest BCUT2D eigenvalue weighted by molar-refractivity contribution is -0.122. The molecule has 1 saturated heterocycles. The summed E-state index contributed by atoms with van der Waals surface area (Å²) in [5.74, 6) is 1.41. The molecule has 1 aromatic carbocycles. The fourth-order valence-corrected chi connectivity index (χ4v) is 2.39. The molecule has 110 valence electrons. The highest BCUT2D eigenvalue weighted by molar-refractivity contribution is 5.76. The van der Waals surface area contributed by atoms with Gasteiger partial charge in [-0.15, -0.1) is 0 Å². The van der Waals surface area contributed by atoms with Gasteiger partial charge in [-0.3, -0.25) is 4.79 Å². The summed E-state index contributed by atoms with van der Waals surface area (Å²) in [6, 6.07) is 10.3. The number of carbonyl (C=O) groups is 1. The Bertz CT molecular complexity index is 611. The highest BCUT2D eigenvalue weighted by atomic mass is 19.1. The first-order valence-corrected chi connectivity index (χ1v) is 7.05. The van der Waals surface area contributed by atoms with E-state index in [0.717, 1.165) is 23.5 Å². The minimum atomic E-state index is -0.258. The van der Waals surface area contributed by atoms with Gasteiger partial charge in [0.2, 0.25) is 5.91 Å². The second-order valence-corrected chi connectivity index (χ2v) is 5.19. The molecule has 2 aromatic rings. The Hall–Kier alpha value is -2.14. The number of nitrogens with one attached hydrogen (secondary N) is 2. The van der Waals surface area contributed by atoms with Gasteiger partial charge in [-0.1, -0.05) is 0 Å². The van der Waals surface area contributed by atoms with Gasteiger partial charge in [0.25, 0.3) is 0 Å². The van der Waals surface area contributed by atoms with Crippen LogP contribution in [-0.4, -0.2) is 18.5 Å². The van der Waals surface area contributed by atoms with Crippen molar-refractivity contribution in [1.82, 2.24) is 10.6 Å². The van der Waals surface area contributed by atoms with Crippen molar-refractivity contribution in [2.24, 2.45) is 0 Å². The molecule has 1 fully saturated rings. The zero-order valence-electron chi connectivity index (χ0n) is 11.6. The molecule has 1 aliphatic heterocycles. The van der Waals surface area contributed by atoms with E-state index in [9.17, 15) is 9.18 Å². The Labute approximate surface area is 122 Å². The van der Waals surface area contributed by atoms with Gasteiger partial charge in [-0.25, -0.2) is 4.39 Å². The lowest BCUT2D eigenvalue weighted by Gasteiger charge is -2.23. The fraction of sp³-hybridized carbons (Fsp3) is 0.312.